The minimum absolute atomic E-state index is 0.0793. The van der Waals surface area contributed by atoms with Gasteiger partial charge in [-0.05, 0) is 74.6 Å². The Morgan fingerprint density at radius 2 is 1.16 bits per heavy atom. The second-order valence-corrected chi connectivity index (χ2v) is 19.6. The summed E-state index contributed by atoms with van der Waals surface area (Å²) in [5.74, 6) is 0.639. The number of nitrogens with zero attached hydrogens (tertiary/aromatic N) is 6. The van der Waals surface area contributed by atoms with Crippen LogP contribution in [0, 0.1) is 0 Å². The fourth-order valence-corrected chi connectivity index (χ4v) is 11.2. The highest BCUT2D eigenvalue weighted by Crippen LogP contribution is 2.58. The maximum Gasteiger partial charge on any atom is 0.327 e. The van der Waals surface area contributed by atoms with Gasteiger partial charge in [0.1, 0.15) is 60.3 Å². The fourth-order valence-electron chi connectivity index (χ4n) is 11.2. The molecule has 0 saturated carbocycles. The molecule has 4 heterocycles. The van der Waals surface area contributed by atoms with Crippen LogP contribution in [0.3, 0.4) is 0 Å². The standard InChI is InChI=1S/C63H68N6O8/c1-6-22-54-59(73-40-44-23-14-11-15-24-44)61(75-42-46-27-18-13-19-28-46)60(74-41-45-25-16-12-17-26-45)57(76-54)43-72-58(70)39-68-37-47(64-65-68)38-69-62(71)50-29-20-21-30-51(50)63(69)52-33-31-48(66(7-2)8-3)35-55(52)77-56-36-49(32-34-53(56)63)67(9-4)10-5/h6,11-21,23-37,54,57,59-61H,1,7-10,22,38-43H2,2-5H3/t54-,57-,59+,60-,61-/m1/s1. The van der Waals surface area contributed by atoms with Crippen LogP contribution < -0.4 is 14.5 Å². The Labute approximate surface area is 451 Å². The largest absolute Gasteiger partial charge is 0.461 e. The second kappa shape index (κ2) is 24.2. The number of hydrogen-bond acceptors (Lipinski definition) is 12. The zero-order chi connectivity index (χ0) is 53.3. The quantitative estimate of drug-likeness (QED) is 0.0447. The van der Waals surface area contributed by atoms with Gasteiger partial charge in [0.15, 0.2) is 0 Å². The van der Waals surface area contributed by atoms with E-state index in [1.807, 2.05) is 120 Å². The molecule has 7 aromatic rings. The lowest BCUT2D eigenvalue weighted by Crippen LogP contribution is -2.61. The van der Waals surface area contributed by atoms with Crippen molar-refractivity contribution in [3.63, 3.8) is 0 Å². The van der Waals surface area contributed by atoms with E-state index in [2.05, 4.69) is 90.8 Å². The number of hydrogen-bond donors (Lipinski definition) is 0. The van der Waals surface area contributed by atoms with Gasteiger partial charge in [0.2, 0.25) is 0 Å². The van der Waals surface area contributed by atoms with Crippen molar-refractivity contribution in [2.45, 2.75) is 103 Å². The van der Waals surface area contributed by atoms with Crippen molar-refractivity contribution in [2.75, 3.05) is 42.6 Å². The summed E-state index contributed by atoms with van der Waals surface area (Å²) in [7, 11) is 0. The van der Waals surface area contributed by atoms with Gasteiger partial charge in [0, 0.05) is 66.4 Å². The first-order chi connectivity index (χ1) is 37.7. The molecule has 77 heavy (non-hydrogen) atoms. The zero-order valence-electron chi connectivity index (χ0n) is 44.4. The van der Waals surface area contributed by atoms with Crippen LogP contribution in [0.15, 0.2) is 171 Å². The number of aromatic nitrogens is 3. The number of amides is 1. The van der Waals surface area contributed by atoms with Gasteiger partial charge < -0.3 is 43.1 Å². The van der Waals surface area contributed by atoms with Crippen molar-refractivity contribution >= 4 is 23.3 Å². The van der Waals surface area contributed by atoms with Gasteiger partial charge >= 0.3 is 5.97 Å². The number of anilines is 2. The maximum absolute atomic E-state index is 15.0. The molecular weight excluding hydrogens is 969 g/mol. The number of rotatable bonds is 23. The van der Waals surface area contributed by atoms with Gasteiger partial charge in [0.25, 0.3) is 5.91 Å². The Hall–Kier alpha value is -7.62. The Balaban J connectivity index is 0.919. The molecule has 10 rings (SSSR count). The summed E-state index contributed by atoms with van der Waals surface area (Å²) in [6, 6.07) is 50.3. The molecule has 14 heteroatoms. The third-order valence-corrected chi connectivity index (χ3v) is 15.0. The van der Waals surface area contributed by atoms with Crippen LogP contribution in [0.4, 0.5) is 11.4 Å². The van der Waals surface area contributed by atoms with Gasteiger partial charge in [-0.25, -0.2) is 4.68 Å². The molecule has 3 aliphatic heterocycles. The molecular formula is C63H68N6O8. The van der Waals surface area contributed by atoms with E-state index in [0.29, 0.717) is 42.4 Å². The van der Waals surface area contributed by atoms with Crippen LogP contribution in [0.5, 0.6) is 11.5 Å². The van der Waals surface area contributed by atoms with Gasteiger partial charge in [0.05, 0.1) is 38.7 Å². The van der Waals surface area contributed by atoms with E-state index in [1.165, 1.54) is 4.68 Å². The van der Waals surface area contributed by atoms with E-state index in [0.717, 1.165) is 70.9 Å². The summed E-state index contributed by atoms with van der Waals surface area (Å²) in [6.07, 6.45) is 0.801. The van der Waals surface area contributed by atoms with Crippen molar-refractivity contribution in [1.82, 2.24) is 19.9 Å². The molecule has 0 N–H and O–H groups in total. The van der Waals surface area contributed by atoms with Crippen LogP contribution in [0.2, 0.25) is 0 Å². The number of benzene rings is 6. The van der Waals surface area contributed by atoms with Crippen molar-refractivity contribution in [3.05, 3.63) is 215 Å². The summed E-state index contributed by atoms with van der Waals surface area (Å²) < 4.78 is 41.6. The molecule has 1 amide bonds. The summed E-state index contributed by atoms with van der Waals surface area (Å²) in [4.78, 5) is 35.5. The first-order valence-electron chi connectivity index (χ1n) is 26.9. The van der Waals surface area contributed by atoms with Crippen LogP contribution >= 0.6 is 0 Å². The van der Waals surface area contributed by atoms with Crippen LogP contribution in [0.25, 0.3) is 0 Å². The lowest BCUT2D eigenvalue weighted by Gasteiger charge is -2.46. The molecule has 14 nitrogen and oxygen atoms in total. The highest BCUT2D eigenvalue weighted by molar-refractivity contribution is 6.02. The maximum atomic E-state index is 15.0. The first kappa shape index (κ1) is 52.8. The van der Waals surface area contributed by atoms with Gasteiger partial charge in [-0.3, -0.25) is 9.59 Å². The molecule has 398 valence electrons. The SMILES string of the molecule is C=CC[C@H]1O[C@H](COC(=O)Cn2cc(CN3C(=O)c4ccccc4C34c3ccc(N(CC)CC)cc3Oc3cc(N(CC)CC)ccc34)nn2)[C@@H](OCc2ccccc2)[C@H](OCc2ccccc2)[C@H]1OCc1ccccc1. The van der Waals surface area contributed by atoms with Crippen LogP contribution in [-0.2, 0) is 66.9 Å². The number of ether oxygens (including phenoxy) is 6. The third kappa shape index (κ3) is 11.0. The molecule has 0 aliphatic carbocycles. The van der Waals surface area contributed by atoms with Gasteiger partial charge in [-0.1, -0.05) is 133 Å². The van der Waals surface area contributed by atoms with Crippen LogP contribution in [0.1, 0.15) is 83.5 Å². The molecule has 5 atom stereocenters. The highest BCUT2D eigenvalue weighted by Gasteiger charge is 2.56. The lowest BCUT2D eigenvalue weighted by molar-refractivity contribution is -0.270. The zero-order valence-corrected chi connectivity index (χ0v) is 44.4. The van der Waals surface area contributed by atoms with E-state index < -0.39 is 42.0 Å². The summed E-state index contributed by atoms with van der Waals surface area (Å²) in [6.45, 7) is 16.5. The number of carbonyl (C=O) groups excluding carboxylic acids is 2. The van der Waals surface area contributed by atoms with E-state index >= 15 is 4.79 Å². The predicted molar refractivity (Wildman–Crippen MR) is 296 cm³/mol. The Morgan fingerprint density at radius 1 is 0.649 bits per heavy atom. The molecule has 1 fully saturated rings. The van der Waals surface area contributed by atoms with Crippen LogP contribution in [-0.4, -0.2) is 95.1 Å². The molecule has 6 aromatic carbocycles. The molecule has 0 unspecified atom stereocenters. The summed E-state index contributed by atoms with van der Waals surface area (Å²) >= 11 is 0. The van der Waals surface area contributed by atoms with Crippen molar-refractivity contribution < 1.29 is 38.0 Å². The van der Waals surface area contributed by atoms with Crippen molar-refractivity contribution in [3.8, 4) is 11.5 Å². The first-order valence-corrected chi connectivity index (χ1v) is 26.9. The van der Waals surface area contributed by atoms with Gasteiger partial charge in [-0.2, -0.15) is 0 Å². The third-order valence-electron chi connectivity index (χ3n) is 15.0. The minimum atomic E-state index is -1.08. The van der Waals surface area contributed by atoms with E-state index in [4.69, 9.17) is 28.4 Å². The average Bonchev–Trinajstić information content (AvgIpc) is 3.92. The van der Waals surface area contributed by atoms with E-state index in [-0.39, 0.29) is 32.2 Å². The summed E-state index contributed by atoms with van der Waals surface area (Å²) in [5.41, 5.74) is 7.56. The van der Waals surface area contributed by atoms with E-state index in [9.17, 15) is 4.79 Å². The van der Waals surface area contributed by atoms with Crippen molar-refractivity contribution in [2.24, 2.45) is 0 Å². The van der Waals surface area contributed by atoms with E-state index in [1.54, 1.807) is 12.3 Å². The number of esters is 1. The number of carbonyl (C=O) groups is 2. The van der Waals surface area contributed by atoms with Gasteiger partial charge in [-0.15, -0.1) is 11.7 Å². The fraction of sp³-hybridized carbons (Fsp3) is 0.333. The number of fused-ring (bicyclic) bond motifs is 6. The predicted octanol–water partition coefficient (Wildman–Crippen LogP) is 10.7. The molecule has 0 bridgehead atoms. The molecule has 3 aliphatic rings. The average molecular weight is 1040 g/mol. The monoisotopic (exact) mass is 1040 g/mol. The smallest absolute Gasteiger partial charge is 0.327 e. The normalized spacial score (nSPS) is 19.0. The molecule has 1 aromatic heterocycles. The molecule has 1 saturated heterocycles. The Morgan fingerprint density at radius 3 is 1.69 bits per heavy atom. The Kier molecular flexibility index (Phi) is 16.6. The molecule has 1 spiro atoms. The highest BCUT2D eigenvalue weighted by atomic mass is 16.6. The second-order valence-electron chi connectivity index (χ2n) is 19.6. The topological polar surface area (TPSA) is 130 Å². The lowest BCUT2D eigenvalue weighted by atomic mass is 9.74. The Bertz CT molecular complexity index is 3050. The van der Waals surface area contributed by atoms with Crippen molar-refractivity contribution in [1.29, 1.82) is 0 Å². The minimum Gasteiger partial charge on any atom is -0.461 e. The summed E-state index contributed by atoms with van der Waals surface area (Å²) in [5, 5.41) is 8.98. The molecule has 0 radical (unpaired) electrons.